The fourth-order valence-corrected chi connectivity index (χ4v) is 10.6. The molecule has 0 fully saturated rings. The van der Waals surface area contributed by atoms with Gasteiger partial charge in [0.2, 0.25) is 0 Å². The summed E-state index contributed by atoms with van der Waals surface area (Å²) in [7, 11) is 0. The molecule has 0 spiro atoms. The molecule has 64 heavy (non-hydrogen) atoms. The van der Waals surface area contributed by atoms with E-state index in [0.29, 0.717) is 0 Å². The Morgan fingerprint density at radius 3 is 1.34 bits per heavy atom. The number of benzene rings is 10. The quantitative estimate of drug-likeness (QED) is 0.162. The van der Waals surface area contributed by atoms with Crippen molar-refractivity contribution in [2.45, 2.75) is 19.3 Å². The van der Waals surface area contributed by atoms with Gasteiger partial charge in [0, 0.05) is 45.0 Å². The minimum atomic E-state index is -0.146. The van der Waals surface area contributed by atoms with Crippen molar-refractivity contribution in [3.05, 3.63) is 224 Å². The van der Waals surface area contributed by atoms with Gasteiger partial charge in [-0.1, -0.05) is 166 Å². The molecule has 2 heterocycles. The SMILES string of the molecule is CC1(C)c2cc(-c3ccc(-c4ccc5c(c4)c4ccccc4c4nccnc54)cc3)ccc2-c2ccc(-c3ccc(-c4ccc5c(c4)c4ccccc4n5-c4ccccc4)cc3)cc21. The molecule has 13 rings (SSSR count). The lowest BCUT2D eigenvalue weighted by molar-refractivity contribution is 0.661. The van der Waals surface area contributed by atoms with Gasteiger partial charge in [0.15, 0.2) is 0 Å². The Balaban J connectivity index is 0.786. The third-order valence-electron chi connectivity index (χ3n) is 13.9. The molecule has 0 unspecified atom stereocenters. The Kier molecular flexibility index (Phi) is 7.95. The van der Waals surface area contributed by atoms with E-state index in [0.717, 1.165) is 21.8 Å². The molecule has 2 aromatic heterocycles. The number of hydrogen-bond donors (Lipinski definition) is 0. The molecule has 3 heteroatoms. The van der Waals surface area contributed by atoms with Gasteiger partial charge >= 0.3 is 0 Å². The van der Waals surface area contributed by atoms with Gasteiger partial charge in [-0.2, -0.15) is 0 Å². The lowest BCUT2D eigenvalue weighted by Crippen LogP contribution is -2.15. The highest BCUT2D eigenvalue weighted by Crippen LogP contribution is 2.51. The third kappa shape index (κ3) is 5.54. The smallest absolute Gasteiger partial charge is 0.0971 e. The van der Waals surface area contributed by atoms with E-state index in [2.05, 4.69) is 219 Å². The third-order valence-corrected chi connectivity index (χ3v) is 13.9. The van der Waals surface area contributed by atoms with E-state index in [1.54, 1.807) is 12.4 Å². The fourth-order valence-electron chi connectivity index (χ4n) is 10.6. The Morgan fingerprint density at radius 1 is 0.328 bits per heavy atom. The summed E-state index contributed by atoms with van der Waals surface area (Å²) < 4.78 is 2.37. The number of fused-ring (bicyclic) bond motifs is 12. The molecule has 3 nitrogen and oxygen atoms in total. The van der Waals surface area contributed by atoms with Crippen molar-refractivity contribution in [1.82, 2.24) is 14.5 Å². The van der Waals surface area contributed by atoms with Crippen molar-refractivity contribution in [2.75, 3.05) is 0 Å². The van der Waals surface area contributed by atoms with Crippen LogP contribution in [0.3, 0.4) is 0 Å². The molecule has 0 amide bonds. The normalized spacial score (nSPS) is 13.0. The lowest BCUT2D eigenvalue weighted by Gasteiger charge is -2.22. The predicted molar refractivity (Wildman–Crippen MR) is 268 cm³/mol. The molecule has 0 atom stereocenters. The molecule has 0 bridgehead atoms. The summed E-state index contributed by atoms with van der Waals surface area (Å²) in [5.74, 6) is 0. The predicted octanol–water partition coefficient (Wildman–Crippen LogP) is 16.0. The molecule has 0 radical (unpaired) electrons. The van der Waals surface area contributed by atoms with Crippen molar-refractivity contribution >= 4 is 54.4 Å². The van der Waals surface area contributed by atoms with E-state index in [-0.39, 0.29) is 5.41 Å². The summed E-state index contributed by atoms with van der Waals surface area (Å²) in [6.45, 7) is 4.75. The Labute approximate surface area is 371 Å². The number of nitrogens with zero attached hydrogens (tertiary/aromatic N) is 3. The van der Waals surface area contributed by atoms with Crippen LogP contribution >= 0.6 is 0 Å². The largest absolute Gasteiger partial charge is 0.309 e. The minimum absolute atomic E-state index is 0.146. The highest BCUT2D eigenvalue weighted by atomic mass is 15.0. The summed E-state index contributed by atoms with van der Waals surface area (Å²) >= 11 is 0. The lowest BCUT2D eigenvalue weighted by atomic mass is 9.80. The van der Waals surface area contributed by atoms with Crippen LogP contribution in [0.5, 0.6) is 0 Å². The first-order valence-electron chi connectivity index (χ1n) is 22.1. The number of aromatic nitrogens is 3. The van der Waals surface area contributed by atoms with Crippen molar-refractivity contribution < 1.29 is 0 Å². The molecule has 0 saturated carbocycles. The topological polar surface area (TPSA) is 30.7 Å². The Bertz CT molecular complexity index is 3800. The highest BCUT2D eigenvalue weighted by Gasteiger charge is 2.36. The van der Waals surface area contributed by atoms with Crippen molar-refractivity contribution in [2.24, 2.45) is 0 Å². The summed E-state index contributed by atoms with van der Waals surface area (Å²) in [4.78, 5) is 9.45. The van der Waals surface area contributed by atoms with E-state index in [1.165, 1.54) is 105 Å². The molecule has 12 aromatic rings. The summed E-state index contributed by atoms with van der Waals surface area (Å²) in [6.07, 6.45) is 3.57. The first-order chi connectivity index (χ1) is 31.5. The van der Waals surface area contributed by atoms with Crippen molar-refractivity contribution in [3.63, 3.8) is 0 Å². The van der Waals surface area contributed by atoms with Crippen LogP contribution in [0.4, 0.5) is 0 Å². The molecule has 300 valence electrons. The average molecular weight is 816 g/mol. The first-order valence-corrected chi connectivity index (χ1v) is 22.1. The van der Waals surface area contributed by atoms with Gasteiger partial charge in [-0.3, -0.25) is 9.97 Å². The highest BCUT2D eigenvalue weighted by molar-refractivity contribution is 6.23. The Hall–Kier alpha value is -8.14. The zero-order chi connectivity index (χ0) is 42.5. The first kappa shape index (κ1) is 36.5. The second-order valence-corrected chi connectivity index (χ2v) is 17.8. The van der Waals surface area contributed by atoms with Crippen molar-refractivity contribution in [1.29, 1.82) is 0 Å². The second-order valence-electron chi connectivity index (χ2n) is 17.8. The maximum absolute atomic E-state index is 4.74. The Morgan fingerprint density at radius 2 is 0.750 bits per heavy atom. The van der Waals surface area contributed by atoms with E-state index in [1.807, 2.05) is 0 Å². The molecule has 0 saturated heterocycles. The van der Waals surface area contributed by atoms with Gasteiger partial charge in [0.05, 0.1) is 22.1 Å². The zero-order valence-electron chi connectivity index (χ0n) is 35.5. The maximum atomic E-state index is 4.74. The van der Waals surface area contributed by atoms with E-state index < -0.39 is 0 Å². The second kappa shape index (κ2) is 13.9. The summed E-state index contributed by atoms with van der Waals surface area (Å²) in [5.41, 5.74) is 20.5. The van der Waals surface area contributed by atoms with Gasteiger partial charge < -0.3 is 4.57 Å². The fraction of sp³-hybridized carbons (Fsp3) is 0.0492. The van der Waals surface area contributed by atoms with Crippen LogP contribution in [0.15, 0.2) is 213 Å². The van der Waals surface area contributed by atoms with Crippen LogP contribution in [0.25, 0.3) is 116 Å². The van der Waals surface area contributed by atoms with Gasteiger partial charge in [-0.05, 0) is 126 Å². The van der Waals surface area contributed by atoms with Crippen LogP contribution in [-0.4, -0.2) is 14.5 Å². The molecule has 10 aromatic carbocycles. The number of hydrogen-bond acceptors (Lipinski definition) is 2. The van der Waals surface area contributed by atoms with Gasteiger partial charge in [0.25, 0.3) is 0 Å². The van der Waals surface area contributed by atoms with Gasteiger partial charge in [-0.15, -0.1) is 0 Å². The summed E-state index contributed by atoms with van der Waals surface area (Å²) in [6, 6.07) is 73.8. The van der Waals surface area contributed by atoms with Crippen molar-refractivity contribution in [3.8, 4) is 61.3 Å². The number of para-hydroxylation sites is 2. The van der Waals surface area contributed by atoms with Crippen LogP contribution in [0.2, 0.25) is 0 Å². The zero-order valence-corrected chi connectivity index (χ0v) is 35.5. The van der Waals surface area contributed by atoms with Crippen LogP contribution in [0, 0.1) is 0 Å². The van der Waals surface area contributed by atoms with Crippen LogP contribution < -0.4 is 0 Å². The van der Waals surface area contributed by atoms with Crippen LogP contribution in [-0.2, 0) is 5.41 Å². The molecule has 0 N–H and O–H groups in total. The molecule has 1 aliphatic carbocycles. The maximum Gasteiger partial charge on any atom is 0.0971 e. The summed E-state index contributed by atoms with van der Waals surface area (Å²) in [5, 5.41) is 7.19. The molecular formula is C61H41N3. The van der Waals surface area contributed by atoms with Crippen LogP contribution in [0.1, 0.15) is 25.0 Å². The minimum Gasteiger partial charge on any atom is -0.309 e. The molecule has 0 aliphatic heterocycles. The average Bonchev–Trinajstić information content (AvgIpc) is 3.81. The molecular weight excluding hydrogens is 775 g/mol. The standard InChI is InChI=1S/C61H41N3/c1-61(2)55-36-44(40-20-16-38(17-21-40)42-26-30-52-53(34-42)47-12-6-7-14-51(47)59-60(52)63-33-32-62-59)24-28-48(55)49-29-25-45(37-56(49)61)41-22-18-39(19-23-41)43-27-31-58-54(35-43)50-13-8-9-15-57(50)64(58)46-10-4-3-5-11-46/h3-37H,1-2H3. The monoisotopic (exact) mass is 815 g/mol. The molecule has 1 aliphatic rings. The van der Waals surface area contributed by atoms with E-state index >= 15 is 0 Å². The van der Waals surface area contributed by atoms with Gasteiger partial charge in [-0.25, -0.2) is 0 Å². The van der Waals surface area contributed by atoms with E-state index in [4.69, 9.17) is 9.97 Å². The van der Waals surface area contributed by atoms with E-state index in [9.17, 15) is 0 Å². The number of rotatable bonds is 5. The van der Waals surface area contributed by atoms with Gasteiger partial charge in [0.1, 0.15) is 0 Å².